The molecule has 0 spiro atoms. The van der Waals surface area contributed by atoms with Crippen molar-refractivity contribution in [1.82, 2.24) is 0 Å². The van der Waals surface area contributed by atoms with Crippen LogP contribution in [0.4, 0.5) is 0 Å². The number of hydrogen-bond donors (Lipinski definition) is 0. The third-order valence-electron chi connectivity index (χ3n) is 8.79. The molecule has 0 aliphatic rings. The molecule has 1 heterocycles. The van der Waals surface area contributed by atoms with Crippen LogP contribution in [0.25, 0.3) is 77.6 Å². The van der Waals surface area contributed by atoms with Gasteiger partial charge in [0.25, 0.3) is 0 Å². The second-order valence-corrected chi connectivity index (χ2v) is 11.6. The van der Waals surface area contributed by atoms with Gasteiger partial charge in [-0.25, -0.2) is 0 Å². The van der Waals surface area contributed by atoms with Crippen molar-refractivity contribution in [3.8, 4) is 67.8 Å². The summed E-state index contributed by atoms with van der Waals surface area (Å²) in [4.78, 5) is 0. The summed E-state index contributed by atoms with van der Waals surface area (Å²) in [6.07, 6.45) is 0. The third-order valence-corrected chi connectivity index (χ3v) is 8.79. The number of nitriles is 2. The van der Waals surface area contributed by atoms with Gasteiger partial charge in [-0.2, -0.15) is 10.5 Å². The maximum absolute atomic E-state index is 10.6. The van der Waals surface area contributed by atoms with Crippen molar-refractivity contribution in [1.29, 1.82) is 10.5 Å². The molecule has 0 unspecified atom stereocenters. The summed E-state index contributed by atoms with van der Waals surface area (Å²) in [5.74, 6) is 0. The number of fused-ring (bicyclic) bond motifs is 3. The van der Waals surface area contributed by atoms with Crippen LogP contribution in [-0.4, -0.2) is 0 Å². The molecule has 8 aromatic rings. The molecule has 0 aliphatic heterocycles. The Kier molecular flexibility index (Phi) is 6.92. The van der Waals surface area contributed by atoms with Crippen molar-refractivity contribution < 1.29 is 4.42 Å². The highest BCUT2D eigenvalue weighted by Gasteiger charge is 2.17. The fraction of sp³-hybridized carbons (Fsp3) is 0. The molecule has 0 saturated heterocycles. The van der Waals surface area contributed by atoms with E-state index in [2.05, 4.69) is 109 Å². The first-order chi connectivity index (χ1) is 23.2. The minimum Gasteiger partial charge on any atom is -0.456 e. The molecule has 0 N–H and O–H groups in total. The van der Waals surface area contributed by atoms with Gasteiger partial charge >= 0.3 is 0 Å². The Morgan fingerprint density at radius 3 is 1.32 bits per heavy atom. The summed E-state index contributed by atoms with van der Waals surface area (Å²) in [5, 5.41) is 22.0. The van der Waals surface area contributed by atoms with Gasteiger partial charge in [-0.3, -0.25) is 0 Å². The molecule has 0 aliphatic carbocycles. The van der Waals surface area contributed by atoms with Gasteiger partial charge in [-0.05, 0) is 87.0 Å². The average molecular weight is 599 g/mol. The first kappa shape index (κ1) is 27.8. The summed E-state index contributed by atoms with van der Waals surface area (Å²) in [6, 6.07) is 58.1. The van der Waals surface area contributed by atoms with Crippen LogP contribution < -0.4 is 0 Å². The first-order valence-corrected chi connectivity index (χ1v) is 15.5. The van der Waals surface area contributed by atoms with Crippen LogP contribution >= 0.6 is 0 Å². The quantitative estimate of drug-likeness (QED) is 0.198. The minimum atomic E-state index is 0.565. The summed E-state index contributed by atoms with van der Waals surface area (Å²) in [7, 11) is 0. The van der Waals surface area contributed by atoms with Crippen molar-refractivity contribution >= 4 is 21.9 Å². The number of furan rings is 1. The van der Waals surface area contributed by atoms with Gasteiger partial charge in [0.15, 0.2) is 0 Å². The molecule has 0 amide bonds. The maximum atomic E-state index is 10.6. The van der Waals surface area contributed by atoms with E-state index in [1.807, 2.05) is 54.6 Å². The summed E-state index contributed by atoms with van der Waals surface area (Å²) in [5.41, 5.74) is 12.8. The van der Waals surface area contributed by atoms with Gasteiger partial charge in [-0.1, -0.05) is 115 Å². The Morgan fingerprint density at radius 1 is 0.362 bits per heavy atom. The summed E-state index contributed by atoms with van der Waals surface area (Å²) in [6.45, 7) is 0. The number of rotatable bonds is 5. The maximum Gasteiger partial charge on any atom is 0.136 e. The fourth-order valence-electron chi connectivity index (χ4n) is 6.36. The zero-order valence-electron chi connectivity index (χ0n) is 25.3. The van der Waals surface area contributed by atoms with Crippen LogP contribution in [0.3, 0.4) is 0 Å². The smallest absolute Gasteiger partial charge is 0.136 e. The van der Waals surface area contributed by atoms with E-state index in [4.69, 9.17) is 4.42 Å². The molecule has 0 bridgehead atoms. The Balaban J connectivity index is 1.29. The van der Waals surface area contributed by atoms with Crippen molar-refractivity contribution in [3.63, 3.8) is 0 Å². The molecular weight excluding hydrogens is 572 g/mol. The van der Waals surface area contributed by atoms with Gasteiger partial charge < -0.3 is 4.42 Å². The number of benzene rings is 7. The molecule has 0 atom stereocenters. The molecule has 0 fully saturated rings. The molecule has 218 valence electrons. The zero-order chi connectivity index (χ0) is 31.7. The summed E-state index contributed by atoms with van der Waals surface area (Å²) < 4.78 is 6.24. The largest absolute Gasteiger partial charge is 0.456 e. The lowest BCUT2D eigenvalue weighted by atomic mass is 9.87. The lowest BCUT2D eigenvalue weighted by Gasteiger charge is -2.15. The first-order valence-electron chi connectivity index (χ1n) is 15.5. The van der Waals surface area contributed by atoms with Gasteiger partial charge in [0.2, 0.25) is 0 Å². The Labute approximate surface area is 272 Å². The molecule has 3 heteroatoms. The highest BCUT2D eigenvalue weighted by molar-refractivity contribution is 6.06. The van der Waals surface area contributed by atoms with Gasteiger partial charge in [-0.15, -0.1) is 0 Å². The van der Waals surface area contributed by atoms with E-state index in [1.165, 1.54) is 0 Å². The molecule has 7 aromatic carbocycles. The number of nitrogens with zero attached hydrogens (tertiary/aromatic N) is 2. The fourth-order valence-corrected chi connectivity index (χ4v) is 6.36. The van der Waals surface area contributed by atoms with E-state index in [9.17, 15) is 10.5 Å². The minimum absolute atomic E-state index is 0.565. The van der Waals surface area contributed by atoms with E-state index in [1.54, 1.807) is 6.07 Å². The standard InChI is InChI=1S/C44H26N2O/c45-27-29-11-21-38-39-22-20-36(26-44(39)47-43(38)23-29)37-24-40(34-16-12-32(13-17-34)30-7-3-1-4-8-30)42(28-46)41(25-37)35-18-14-33(15-19-35)31-9-5-2-6-10-31/h1-26H. The third kappa shape index (κ3) is 5.13. The molecule has 0 radical (unpaired) electrons. The van der Waals surface area contributed by atoms with Crippen molar-refractivity contribution in [2.45, 2.75) is 0 Å². The van der Waals surface area contributed by atoms with Crippen LogP contribution in [0.15, 0.2) is 162 Å². The van der Waals surface area contributed by atoms with E-state index in [0.29, 0.717) is 16.7 Å². The molecule has 8 rings (SSSR count). The molecule has 1 aromatic heterocycles. The topological polar surface area (TPSA) is 60.7 Å². The second-order valence-electron chi connectivity index (χ2n) is 11.6. The van der Waals surface area contributed by atoms with Crippen LogP contribution in [0.5, 0.6) is 0 Å². The van der Waals surface area contributed by atoms with Crippen LogP contribution in [0.2, 0.25) is 0 Å². The molecule has 47 heavy (non-hydrogen) atoms. The Bertz CT molecular complexity index is 2390. The van der Waals surface area contributed by atoms with Crippen LogP contribution in [0, 0.1) is 22.7 Å². The van der Waals surface area contributed by atoms with E-state index in [-0.39, 0.29) is 0 Å². The summed E-state index contributed by atoms with van der Waals surface area (Å²) >= 11 is 0. The zero-order valence-corrected chi connectivity index (χ0v) is 25.3. The van der Waals surface area contributed by atoms with E-state index >= 15 is 0 Å². The Hall–Kier alpha value is -6.68. The Morgan fingerprint density at radius 2 is 0.809 bits per heavy atom. The predicted molar refractivity (Wildman–Crippen MR) is 190 cm³/mol. The van der Waals surface area contributed by atoms with Crippen LogP contribution in [-0.2, 0) is 0 Å². The lowest BCUT2D eigenvalue weighted by Crippen LogP contribution is -1.93. The average Bonchev–Trinajstić information content (AvgIpc) is 3.52. The van der Waals surface area contributed by atoms with Crippen molar-refractivity contribution in [3.05, 3.63) is 169 Å². The predicted octanol–water partition coefficient (Wildman–Crippen LogP) is 11.7. The van der Waals surface area contributed by atoms with Gasteiger partial charge in [0.05, 0.1) is 17.2 Å². The molecule has 3 nitrogen and oxygen atoms in total. The normalized spacial score (nSPS) is 10.9. The van der Waals surface area contributed by atoms with Gasteiger partial charge in [0.1, 0.15) is 17.2 Å². The molecular formula is C44H26N2O. The van der Waals surface area contributed by atoms with E-state index < -0.39 is 0 Å². The number of hydrogen-bond acceptors (Lipinski definition) is 3. The van der Waals surface area contributed by atoms with Crippen LogP contribution in [0.1, 0.15) is 11.1 Å². The lowest BCUT2D eigenvalue weighted by molar-refractivity contribution is 0.669. The highest BCUT2D eigenvalue weighted by atomic mass is 16.3. The monoisotopic (exact) mass is 598 g/mol. The van der Waals surface area contributed by atoms with Crippen molar-refractivity contribution in [2.24, 2.45) is 0 Å². The SMILES string of the molecule is N#Cc1ccc2c(c1)oc1cc(-c3cc(-c4ccc(-c5ccccc5)cc4)c(C#N)c(-c4ccc(-c5ccccc5)cc4)c3)ccc12. The molecule has 0 saturated carbocycles. The second kappa shape index (κ2) is 11.7. The highest BCUT2D eigenvalue weighted by Crippen LogP contribution is 2.40. The van der Waals surface area contributed by atoms with Gasteiger partial charge in [0, 0.05) is 21.9 Å². The van der Waals surface area contributed by atoms with Crippen molar-refractivity contribution in [2.75, 3.05) is 0 Å². The van der Waals surface area contributed by atoms with E-state index in [0.717, 1.165) is 72.0 Å².